The quantitative estimate of drug-likeness (QED) is 0.195. The third-order valence-electron chi connectivity index (χ3n) is 6.92. The summed E-state index contributed by atoms with van der Waals surface area (Å²) in [4.78, 5) is 37.4. The standard InChI is InChI=1S/C29H32N2O6S.C4H4O4/c1-30(14-16-34-21-10-12-25-26(18-21)37-19-36-25)13-6-15-35-24-11-9-20(33-3)17-22(24)28-29(32)31(2)23-7-4-5-8-27(23)38-28;5-3(6)1-2-4(7)8/h4-5,7-12,17-18,28H,6,13-16,19H2,1-3H3;1-2H,(H,5,6)(H,7,8)/b;2-1+/t28-;/m1./s1. The number of nitrogens with zero attached hydrogens (tertiary/aromatic N) is 2. The van der Waals surface area contributed by atoms with Crippen LogP contribution in [0.2, 0.25) is 0 Å². The van der Waals surface area contributed by atoms with E-state index in [0.717, 1.165) is 52.9 Å². The molecule has 2 aliphatic rings. The van der Waals surface area contributed by atoms with Crippen molar-refractivity contribution >= 4 is 35.3 Å². The van der Waals surface area contributed by atoms with Crippen LogP contribution in [0, 0.1) is 0 Å². The molecule has 244 valence electrons. The van der Waals surface area contributed by atoms with Crippen molar-refractivity contribution in [1.29, 1.82) is 0 Å². The number of methoxy groups -OCH3 is 1. The molecule has 12 nitrogen and oxygen atoms in total. The second kappa shape index (κ2) is 16.4. The van der Waals surface area contributed by atoms with Gasteiger partial charge in [-0.1, -0.05) is 12.1 Å². The lowest BCUT2D eigenvalue weighted by molar-refractivity contribution is -0.134. The Morgan fingerprint density at radius 2 is 1.67 bits per heavy atom. The molecule has 1 amide bonds. The number of amides is 1. The molecule has 2 N–H and O–H groups in total. The van der Waals surface area contributed by atoms with Gasteiger partial charge in [0.25, 0.3) is 0 Å². The first-order valence-corrected chi connectivity index (χ1v) is 15.2. The van der Waals surface area contributed by atoms with Crippen LogP contribution in [0.3, 0.4) is 0 Å². The Hall–Kier alpha value is -4.88. The van der Waals surface area contributed by atoms with Gasteiger partial charge in [0.1, 0.15) is 29.1 Å². The van der Waals surface area contributed by atoms with Gasteiger partial charge in [-0.3, -0.25) is 4.79 Å². The van der Waals surface area contributed by atoms with Gasteiger partial charge in [-0.25, -0.2) is 9.59 Å². The van der Waals surface area contributed by atoms with Crippen LogP contribution in [0.4, 0.5) is 5.69 Å². The molecular formula is C33H36N2O10S. The number of aliphatic carboxylic acids is 2. The van der Waals surface area contributed by atoms with E-state index >= 15 is 0 Å². The van der Waals surface area contributed by atoms with E-state index < -0.39 is 17.2 Å². The largest absolute Gasteiger partial charge is 0.497 e. The number of thioether (sulfide) groups is 1. The minimum atomic E-state index is -1.26. The van der Waals surface area contributed by atoms with Crippen molar-refractivity contribution in [2.24, 2.45) is 0 Å². The van der Waals surface area contributed by atoms with Gasteiger partial charge in [-0.05, 0) is 55.9 Å². The second-order valence-corrected chi connectivity index (χ2v) is 11.3. The van der Waals surface area contributed by atoms with Crippen molar-refractivity contribution in [2.45, 2.75) is 16.6 Å². The maximum absolute atomic E-state index is 13.3. The molecule has 0 aromatic heterocycles. The van der Waals surface area contributed by atoms with Gasteiger partial charge in [0, 0.05) is 48.8 Å². The van der Waals surface area contributed by atoms with Crippen LogP contribution in [0.1, 0.15) is 17.2 Å². The normalized spacial score (nSPS) is 14.8. The molecule has 5 rings (SSSR count). The lowest BCUT2D eigenvalue weighted by atomic mass is 10.1. The van der Waals surface area contributed by atoms with Gasteiger partial charge in [0.2, 0.25) is 12.7 Å². The van der Waals surface area contributed by atoms with Gasteiger partial charge < -0.3 is 43.7 Å². The molecule has 0 aliphatic carbocycles. The van der Waals surface area contributed by atoms with Crippen LogP contribution in [-0.4, -0.2) is 87.3 Å². The molecule has 0 spiro atoms. The molecule has 0 bridgehead atoms. The highest BCUT2D eigenvalue weighted by molar-refractivity contribution is 8.00. The molecule has 3 aromatic rings. The summed E-state index contributed by atoms with van der Waals surface area (Å²) < 4.78 is 28.3. The average molecular weight is 653 g/mol. The van der Waals surface area contributed by atoms with Crippen LogP contribution < -0.4 is 28.6 Å². The lowest BCUT2D eigenvalue weighted by Gasteiger charge is -2.32. The summed E-state index contributed by atoms with van der Waals surface area (Å²) in [5.74, 6) is 1.14. The fourth-order valence-electron chi connectivity index (χ4n) is 4.55. The second-order valence-electron chi connectivity index (χ2n) is 10.1. The minimum Gasteiger partial charge on any atom is -0.497 e. The van der Waals surface area contributed by atoms with Crippen molar-refractivity contribution in [2.75, 3.05) is 59.2 Å². The van der Waals surface area contributed by atoms with E-state index in [1.807, 2.05) is 67.7 Å². The zero-order chi connectivity index (χ0) is 33.1. The summed E-state index contributed by atoms with van der Waals surface area (Å²) in [7, 11) is 5.51. The number of anilines is 1. The number of para-hydroxylation sites is 1. The molecule has 0 saturated heterocycles. The molecular weight excluding hydrogens is 616 g/mol. The molecule has 0 saturated carbocycles. The van der Waals surface area contributed by atoms with E-state index in [1.165, 1.54) is 0 Å². The van der Waals surface area contributed by atoms with Crippen LogP contribution in [0.5, 0.6) is 28.7 Å². The third kappa shape index (κ3) is 9.31. The van der Waals surface area contributed by atoms with Crippen LogP contribution in [0.25, 0.3) is 0 Å². The number of fused-ring (bicyclic) bond motifs is 2. The molecule has 46 heavy (non-hydrogen) atoms. The number of benzene rings is 3. The number of rotatable bonds is 13. The third-order valence-corrected chi connectivity index (χ3v) is 8.21. The van der Waals surface area contributed by atoms with Gasteiger partial charge >= 0.3 is 11.9 Å². The average Bonchev–Trinajstić information content (AvgIpc) is 3.52. The van der Waals surface area contributed by atoms with E-state index in [-0.39, 0.29) is 12.7 Å². The van der Waals surface area contributed by atoms with Gasteiger partial charge in [0.15, 0.2) is 11.5 Å². The summed E-state index contributed by atoms with van der Waals surface area (Å²) in [5.41, 5.74) is 1.75. The Kier molecular flexibility index (Phi) is 12.1. The molecule has 2 aliphatic heterocycles. The Morgan fingerprint density at radius 3 is 2.41 bits per heavy atom. The molecule has 2 heterocycles. The van der Waals surface area contributed by atoms with E-state index in [9.17, 15) is 14.4 Å². The molecule has 0 fully saturated rings. The zero-order valence-corrected chi connectivity index (χ0v) is 26.5. The highest BCUT2D eigenvalue weighted by Crippen LogP contribution is 2.48. The van der Waals surface area contributed by atoms with E-state index in [4.69, 9.17) is 33.9 Å². The number of carbonyl (C=O) groups is 3. The van der Waals surface area contributed by atoms with Crippen molar-refractivity contribution in [3.05, 3.63) is 78.4 Å². The monoisotopic (exact) mass is 652 g/mol. The van der Waals surface area contributed by atoms with Gasteiger partial charge in [0.05, 0.1) is 19.4 Å². The molecule has 0 radical (unpaired) electrons. The van der Waals surface area contributed by atoms with Crippen LogP contribution in [-0.2, 0) is 14.4 Å². The number of likely N-dealkylation sites (N-methyl/N-ethyl adjacent to an activating group) is 2. The fraction of sp³-hybridized carbons (Fsp3) is 0.303. The van der Waals surface area contributed by atoms with Crippen LogP contribution in [0.15, 0.2) is 77.7 Å². The van der Waals surface area contributed by atoms with Crippen molar-refractivity contribution in [3.63, 3.8) is 0 Å². The van der Waals surface area contributed by atoms with Crippen molar-refractivity contribution in [3.8, 4) is 28.7 Å². The first kappa shape index (κ1) is 34.0. The Bertz CT molecular complexity index is 1550. The van der Waals surface area contributed by atoms with Gasteiger partial charge in [-0.2, -0.15) is 0 Å². The van der Waals surface area contributed by atoms with Crippen molar-refractivity contribution in [1.82, 2.24) is 4.90 Å². The highest BCUT2D eigenvalue weighted by Gasteiger charge is 2.34. The number of hydrogen-bond donors (Lipinski definition) is 2. The minimum absolute atomic E-state index is 0.0222. The summed E-state index contributed by atoms with van der Waals surface area (Å²) in [6, 6.07) is 19.2. The van der Waals surface area contributed by atoms with E-state index in [1.54, 1.807) is 23.8 Å². The smallest absolute Gasteiger partial charge is 0.328 e. The summed E-state index contributed by atoms with van der Waals surface area (Å²) >= 11 is 1.55. The number of carboxylic acids is 2. The topological polar surface area (TPSA) is 144 Å². The molecule has 13 heteroatoms. The Morgan fingerprint density at radius 1 is 0.957 bits per heavy atom. The predicted molar refractivity (Wildman–Crippen MR) is 172 cm³/mol. The number of carboxylic acid groups (broad SMARTS) is 2. The first-order chi connectivity index (χ1) is 22.2. The molecule has 3 aromatic carbocycles. The highest BCUT2D eigenvalue weighted by atomic mass is 32.2. The number of carbonyl (C=O) groups excluding carboxylic acids is 1. The summed E-state index contributed by atoms with van der Waals surface area (Å²) in [6.45, 7) is 2.98. The maximum atomic E-state index is 13.3. The maximum Gasteiger partial charge on any atom is 0.328 e. The van der Waals surface area contributed by atoms with Gasteiger partial charge in [-0.15, -0.1) is 11.8 Å². The summed E-state index contributed by atoms with van der Waals surface area (Å²) in [5, 5.41) is 15.2. The Balaban J connectivity index is 0.000000533. The fourth-order valence-corrected chi connectivity index (χ4v) is 5.86. The zero-order valence-electron chi connectivity index (χ0n) is 25.7. The molecule has 1 atom stereocenters. The molecule has 0 unspecified atom stereocenters. The Labute approximate surface area is 271 Å². The number of ether oxygens (including phenoxy) is 5. The van der Waals surface area contributed by atoms with Crippen LogP contribution >= 0.6 is 11.8 Å². The summed E-state index contributed by atoms with van der Waals surface area (Å²) in [6.07, 6.45) is 1.95. The number of hydrogen-bond acceptors (Lipinski definition) is 10. The van der Waals surface area contributed by atoms with E-state index in [2.05, 4.69) is 11.9 Å². The van der Waals surface area contributed by atoms with E-state index in [0.29, 0.717) is 36.9 Å². The lowest BCUT2D eigenvalue weighted by Crippen LogP contribution is -2.33. The SMILES string of the molecule is COc1ccc(OCCCN(C)CCOc2ccc3c(c2)OCO3)c([C@H]2Sc3ccccc3N(C)C2=O)c1.O=C(O)/C=C/C(=O)O. The first-order valence-electron chi connectivity index (χ1n) is 14.3. The predicted octanol–water partition coefficient (Wildman–Crippen LogP) is 4.73. The van der Waals surface area contributed by atoms with Crippen molar-refractivity contribution < 1.29 is 48.3 Å².